The standard InChI is InChI=1S/3C12H10P.2ClH.Ru/c3*1-3-7-11(8-4-1)13-12-9-5-2-6-10-12;;;/h3*1-10H;2*1H;/q3*-1;;;+5/p-2. The molecule has 0 bridgehead atoms. The van der Waals surface area contributed by atoms with Gasteiger partial charge in [-0.25, -0.2) is 0 Å². The molecule has 0 aromatic heterocycles. The summed E-state index contributed by atoms with van der Waals surface area (Å²) in [5.41, 5.74) is 0. The molecule has 6 aromatic carbocycles. The van der Waals surface area contributed by atoms with Crippen molar-refractivity contribution in [1.29, 1.82) is 0 Å². The zero-order valence-electron chi connectivity index (χ0n) is 22.8. The first-order chi connectivity index (χ1) is 20.6. The molecule has 0 saturated carbocycles. The van der Waals surface area contributed by atoms with Gasteiger partial charge < -0.3 is 0 Å². The van der Waals surface area contributed by atoms with E-state index in [0.29, 0.717) is 0 Å². The van der Waals surface area contributed by atoms with Crippen LogP contribution in [0, 0.1) is 0 Å². The van der Waals surface area contributed by atoms with Crippen molar-refractivity contribution in [2.24, 2.45) is 0 Å². The number of hydrogen-bond donors (Lipinski definition) is 0. The number of rotatable bonds is 9. The van der Waals surface area contributed by atoms with E-state index in [1.807, 2.05) is 0 Å². The predicted octanol–water partition coefficient (Wildman–Crippen LogP) is 9.13. The van der Waals surface area contributed by atoms with Gasteiger partial charge in [-0.05, 0) is 0 Å². The van der Waals surface area contributed by atoms with Gasteiger partial charge in [-0.1, -0.05) is 0 Å². The molecule has 6 rings (SSSR count). The summed E-state index contributed by atoms with van der Waals surface area (Å²) in [7, 11) is 13.1. The molecule has 0 spiro atoms. The second-order valence-electron chi connectivity index (χ2n) is 9.44. The number of benzene rings is 6. The van der Waals surface area contributed by atoms with Gasteiger partial charge in [0.05, 0.1) is 0 Å². The average Bonchev–Trinajstić information content (AvgIpc) is 3.04. The fourth-order valence-electron chi connectivity index (χ4n) is 4.89. The van der Waals surface area contributed by atoms with Gasteiger partial charge in [0.15, 0.2) is 0 Å². The summed E-state index contributed by atoms with van der Waals surface area (Å²) in [6.07, 6.45) is -3.56. The van der Waals surface area contributed by atoms with Crippen LogP contribution >= 0.6 is 38.1 Å². The minimum absolute atomic E-state index is 1.19. The van der Waals surface area contributed by atoms with Crippen molar-refractivity contribution in [3.05, 3.63) is 182 Å². The van der Waals surface area contributed by atoms with Crippen molar-refractivity contribution >= 4 is 70.0 Å². The van der Waals surface area contributed by atoms with Crippen molar-refractivity contribution in [3.63, 3.8) is 0 Å². The number of hydrogen-bond acceptors (Lipinski definition) is 0. The Labute approximate surface area is 260 Å². The third-order valence-electron chi connectivity index (χ3n) is 6.64. The first kappa shape index (κ1) is 29.9. The van der Waals surface area contributed by atoms with Gasteiger partial charge >= 0.3 is 262 Å². The van der Waals surface area contributed by atoms with E-state index in [2.05, 4.69) is 182 Å². The molecule has 6 aromatic rings. The molecular formula is C36H30Cl2P3Ru. The molecule has 0 saturated heterocycles. The summed E-state index contributed by atoms with van der Waals surface area (Å²) in [6.45, 7) is 0. The van der Waals surface area contributed by atoms with E-state index in [1.165, 1.54) is 31.8 Å². The zero-order chi connectivity index (χ0) is 28.9. The van der Waals surface area contributed by atoms with Crippen LogP contribution in [0.5, 0.6) is 0 Å². The van der Waals surface area contributed by atoms with Crippen molar-refractivity contribution < 1.29 is 10.2 Å². The summed E-state index contributed by atoms with van der Waals surface area (Å²) in [4.78, 5) is 0. The third kappa shape index (κ3) is 5.82. The number of halogens is 2. The molecule has 42 heavy (non-hydrogen) atoms. The van der Waals surface area contributed by atoms with Gasteiger partial charge in [0.25, 0.3) is 0 Å². The van der Waals surface area contributed by atoms with Gasteiger partial charge in [0.1, 0.15) is 0 Å². The Balaban J connectivity index is 1.81. The molecule has 6 heteroatoms. The SMILES string of the molecule is [Cl][Ru]([Cl])([P](c1ccccc1)c1ccccc1)([P](c1ccccc1)c1ccccc1)[P](c1ccccc1)c1ccccc1. The molecule has 211 valence electrons. The minimum atomic E-state index is -4.80. The van der Waals surface area contributed by atoms with Gasteiger partial charge in [-0.2, -0.15) is 0 Å². The Kier molecular flexibility index (Phi) is 9.39. The third-order valence-corrected chi connectivity index (χ3v) is 60.1. The van der Waals surface area contributed by atoms with Crippen molar-refractivity contribution in [2.75, 3.05) is 0 Å². The molecule has 0 aliphatic rings. The summed E-state index contributed by atoms with van der Waals surface area (Å²) in [5.74, 6) is 0. The average molecular weight is 728 g/mol. The molecular weight excluding hydrogens is 697 g/mol. The van der Waals surface area contributed by atoms with E-state index in [-0.39, 0.29) is 0 Å². The van der Waals surface area contributed by atoms with E-state index >= 15 is 0 Å². The normalized spacial score (nSPS) is 12.7. The van der Waals surface area contributed by atoms with E-state index < -0.39 is 28.9 Å². The van der Waals surface area contributed by atoms with E-state index in [9.17, 15) is 0 Å². The van der Waals surface area contributed by atoms with Crippen LogP contribution in [0.1, 0.15) is 0 Å². The second kappa shape index (κ2) is 13.2. The van der Waals surface area contributed by atoms with Crippen LogP contribution in [0.3, 0.4) is 0 Å². The molecule has 0 unspecified atom stereocenters. The molecule has 0 nitrogen and oxygen atoms in total. The van der Waals surface area contributed by atoms with Crippen LogP contribution in [-0.4, -0.2) is 0 Å². The maximum absolute atomic E-state index is 8.93. The molecule has 0 fully saturated rings. The molecule has 0 heterocycles. The van der Waals surface area contributed by atoms with Crippen LogP contribution < -0.4 is 31.8 Å². The van der Waals surface area contributed by atoms with Gasteiger partial charge in [0, 0.05) is 0 Å². The van der Waals surface area contributed by atoms with Crippen molar-refractivity contribution in [1.82, 2.24) is 0 Å². The Bertz CT molecular complexity index is 1380. The van der Waals surface area contributed by atoms with Crippen molar-refractivity contribution in [2.45, 2.75) is 0 Å². The maximum atomic E-state index is 8.93. The first-order valence-corrected chi connectivity index (χ1v) is 28.7. The fourth-order valence-corrected chi connectivity index (χ4v) is 71.3. The molecule has 0 radical (unpaired) electrons. The predicted molar refractivity (Wildman–Crippen MR) is 189 cm³/mol. The molecule has 0 atom stereocenters. The fraction of sp³-hybridized carbons (Fsp3) is 0. The van der Waals surface area contributed by atoms with Crippen molar-refractivity contribution in [3.8, 4) is 0 Å². The van der Waals surface area contributed by atoms with Crippen LogP contribution in [0.4, 0.5) is 0 Å². The van der Waals surface area contributed by atoms with Crippen LogP contribution in [-0.2, 0) is 10.2 Å². The monoisotopic (exact) mass is 727 g/mol. The molecule has 0 aliphatic carbocycles. The molecule has 0 N–H and O–H groups in total. The molecule has 0 aliphatic heterocycles. The van der Waals surface area contributed by atoms with Gasteiger partial charge in [0.2, 0.25) is 0 Å². The Hall–Kier alpha value is -2.19. The van der Waals surface area contributed by atoms with Gasteiger partial charge in [-0.15, -0.1) is 0 Å². The topological polar surface area (TPSA) is 0 Å². The van der Waals surface area contributed by atoms with Gasteiger partial charge in [-0.3, -0.25) is 0 Å². The quantitative estimate of drug-likeness (QED) is 0.103. The summed E-state index contributed by atoms with van der Waals surface area (Å²) >= 11 is 0. The Morgan fingerprint density at radius 1 is 0.262 bits per heavy atom. The van der Waals surface area contributed by atoms with E-state index in [4.69, 9.17) is 19.4 Å². The Morgan fingerprint density at radius 3 is 0.548 bits per heavy atom. The van der Waals surface area contributed by atoms with Crippen LogP contribution in [0.2, 0.25) is 0 Å². The Morgan fingerprint density at radius 2 is 0.405 bits per heavy atom. The van der Waals surface area contributed by atoms with Crippen LogP contribution in [0.15, 0.2) is 182 Å². The summed E-state index contributed by atoms with van der Waals surface area (Å²) in [6, 6.07) is 65.0. The van der Waals surface area contributed by atoms with E-state index in [0.717, 1.165) is 0 Å². The van der Waals surface area contributed by atoms with E-state index in [1.54, 1.807) is 0 Å². The summed E-state index contributed by atoms with van der Waals surface area (Å²) < 4.78 is 0. The zero-order valence-corrected chi connectivity index (χ0v) is 28.7. The first-order valence-electron chi connectivity index (χ1n) is 13.5. The second-order valence-corrected chi connectivity index (χ2v) is 53.6. The summed E-state index contributed by atoms with van der Waals surface area (Å²) in [5, 5.41) is 7.38. The van der Waals surface area contributed by atoms with Crippen LogP contribution in [0.25, 0.3) is 0 Å². The molecule has 0 amide bonds.